The lowest BCUT2D eigenvalue weighted by Gasteiger charge is -2.35. The van der Waals surface area contributed by atoms with E-state index >= 15 is 0 Å². The number of nitrogens with zero attached hydrogens (tertiary/aromatic N) is 3. The van der Waals surface area contributed by atoms with Gasteiger partial charge in [0.15, 0.2) is 0 Å². The molecule has 6 nitrogen and oxygen atoms in total. The molecule has 0 aliphatic carbocycles. The Kier molecular flexibility index (Phi) is 5.70. The first-order valence-corrected chi connectivity index (χ1v) is 7.14. The Morgan fingerprint density at radius 3 is 3.00 bits per heavy atom. The first-order valence-electron chi connectivity index (χ1n) is 7.14. The van der Waals surface area contributed by atoms with Crippen molar-refractivity contribution in [3.8, 4) is 5.88 Å². The minimum absolute atomic E-state index is 0.00125. The smallest absolute Gasteiger partial charge is 0.237 e. The van der Waals surface area contributed by atoms with Crippen LogP contribution in [0, 0.1) is 0 Å². The highest BCUT2D eigenvalue weighted by atomic mass is 16.5. The van der Waals surface area contributed by atoms with Crippen molar-refractivity contribution in [1.29, 1.82) is 0 Å². The molecule has 0 amide bonds. The van der Waals surface area contributed by atoms with E-state index in [1.807, 2.05) is 0 Å². The van der Waals surface area contributed by atoms with Gasteiger partial charge in [0.05, 0.1) is 25.9 Å². The monoisotopic (exact) mass is 280 g/mol. The number of nitrogens with one attached hydrogen (secondary N) is 1. The van der Waals surface area contributed by atoms with Crippen LogP contribution in [0.5, 0.6) is 5.88 Å². The molecule has 112 valence electrons. The molecule has 20 heavy (non-hydrogen) atoms. The largest absolute Gasteiger partial charge is 0.480 e. The Morgan fingerprint density at radius 1 is 1.50 bits per heavy atom. The predicted octanol–water partition coefficient (Wildman–Crippen LogP) is 0.857. The van der Waals surface area contributed by atoms with Crippen molar-refractivity contribution in [1.82, 2.24) is 20.2 Å². The van der Waals surface area contributed by atoms with Crippen LogP contribution < -0.4 is 10.1 Å². The van der Waals surface area contributed by atoms with Crippen LogP contribution in [0.3, 0.4) is 0 Å². The maximum Gasteiger partial charge on any atom is 0.237 e. The molecule has 1 aliphatic heterocycles. The maximum atomic E-state index is 5.93. The van der Waals surface area contributed by atoms with Crippen molar-refractivity contribution in [2.24, 2.45) is 0 Å². The SMILES string of the molecule is CCCNC(c1nccnc1OC)C1CN(C)CCO1. The lowest BCUT2D eigenvalue weighted by atomic mass is 10.1. The lowest BCUT2D eigenvalue weighted by molar-refractivity contribution is -0.0403. The fourth-order valence-electron chi connectivity index (χ4n) is 2.42. The van der Waals surface area contributed by atoms with Crippen molar-refractivity contribution in [2.45, 2.75) is 25.5 Å². The molecule has 2 heterocycles. The molecule has 1 fully saturated rings. The Morgan fingerprint density at radius 2 is 2.30 bits per heavy atom. The van der Waals surface area contributed by atoms with Crippen LogP contribution in [0.1, 0.15) is 25.1 Å². The molecule has 1 aromatic rings. The quantitative estimate of drug-likeness (QED) is 0.834. The number of ether oxygens (including phenoxy) is 2. The molecule has 2 rings (SSSR count). The summed E-state index contributed by atoms with van der Waals surface area (Å²) in [5, 5.41) is 3.52. The van der Waals surface area contributed by atoms with Crippen LogP contribution >= 0.6 is 0 Å². The number of hydrogen-bond acceptors (Lipinski definition) is 6. The zero-order valence-electron chi connectivity index (χ0n) is 12.5. The highest BCUT2D eigenvalue weighted by molar-refractivity contribution is 5.22. The molecular formula is C14H24N4O2. The summed E-state index contributed by atoms with van der Waals surface area (Å²) in [6.45, 7) is 5.64. The van der Waals surface area contributed by atoms with Crippen molar-refractivity contribution in [3.63, 3.8) is 0 Å². The Balaban J connectivity index is 2.21. The molecule has 0 radical (unpaired) electrons. The maximum absolute atomic E-state index is 5.93. The third-order valence-corrected chi connectivity index (χ3v) is 3.46. The van der Waals surface area contributed by atoms with Gasteiger partial charge in [0.25, 0.3) is 0 Å². The normalized spacial score (nSPS) is 21.6. The summed E-state index contributed by atoms with van der Waals surface area (Å²) in [6, 6.07) is 0.00125. The molecule has 0 spiro atoms. The predicted molar refractivity (Wildman–Crippen MR) is 76.9 cm³/mol. The number of hydrogen-bond donors (Lipinski definition) is 1. The fourth-order valence-corrected chi connectivity index (χ4v) is 2.42. The standard InChI is InChI=1S/C14H24N4O2/c1-4-5-15-12(11-10-18(2)8-9-20-11)13-14(19-3)17-7-6-16-13/h6-7,11-12,15H,4-5,8-10H2,1-3H3. The summed E-state index contributed by atoms with van der Waals surface area (Å²) in [4.78, 5) is 11.0. The molecule has 0 saturated carbocycles. The fraction of sp³-hybridized carbons (Fsp3) is 0.714. The van der Waals surface area contributed by atoms with Gasteiger partial charge in [-0.3, -0.25) is 4.98 Å². The van der Waals surface area contributed by atoms with Gasteiger partial charge in [-0.15, -0.1) is 0 Å². The van der Waals surface area contributed by atoms with Gasteiger partial charge < -0.3 is 19.7 Å². The Labute approximate surface area is 120 Å². The van der Waals surface area contributed by atoms with Crippen LogP contribution in [0.25, 0.3) is 0 Å². The van der Waals surface area contributed by atoms with Gasteiger partial charge in [0, 0.05) is 25.5 Å². The highest BCUT2D eigenvalue weighted by Gasteiger charge is 2.31. The van der Waals surface area contributed by atoms with E-state index in [1.54, 1.807) is 19.5 Å². The summed E-state index contributed by atoms with van der Waals surface area (Å²) in [5.74, 6) is 0.568. The first kappa shape index (κ1) is 15.2. The summed E-state index contributed by atoms with van der Waals surface area (Å²) in [7, 11) is 3.73. The van der Waals surface area contributed by atoms with Crippen LogP contribution in [-0.4, -0.2) is 61.4 Å². The molecule has 2 unspecified atom stereocenters. The number of rotatable bonds is 6. The third kappa shape index (κ3) is 3.65. The van der Waals surface area contributed by atoms with Gasteiger partial charge in [-0.05, 0) is 20.0 Å². The molecule has 6 heteroatoms. The molecule has 1 saturated heterocycles. The van der Waals surface area contributed by atoms with Crippen LogP contribution in [0.4, 0.5) is 0 Å². The van der Waals surface area contributed by atoms with E-state index in [0.29, 0.717) is 5.88 Å². The van der Waals surface area contributed by atoms with Gasteiger partial charge in [-0.25, -0.2) is 4.98 Å². The molecule has 0 bridgehead atoms. The first-order chi connectivity index (χ1) is 9.76. The summed E-state index contributed by atoms with van der Waals surface area (Å²) in [5.41, 5.74) is 0.823. The summed E-state index contributed by atoms with van der Waals surface area (Å²) >= 11 is 0. The van der Waals surface area contributed by atoms with Gasteiger partial charge >= 0.3 is 0 Å². The zero-order valence-corrected chi connectivity index (χ0v) is 12.5. The minimum atomic E-state index is 0.00125. The number of methoxy groups -OCH3 is 1. The topological polar surface area (TPSA) is 59.5 Å². The molecular weight excluding hydrogens is 256 g/mol. The third-order valence-electron chi connectivity index (χ3n) is 3.46. The summed E-state index contributed by atoms with van der Waals surface area (Å²) in [6.07, 6.45) is 4.46. The number of likely N-dealkylation sites (N-methyl/N-ethyl adjacent to an activating group) is 1. The molecule has 1 N–H and O–H groups in total. The number of morpholine rings is 1. The lowest BCUT2D eigenvalue weighted by Crippen LogP contribution is -2.47. The summed E-state index contributed by atoms with van der Waals surface area (Å²) < 4.78 is 11.3. The van der Waals surface area contributed by atoms with Gasteiger partial charge in [0.2, 0.25) is 5.88 Å². The van der Waals surface area contributed by atoms with E-state index in [4.69, 9.17) is 9.47 Å². The van der Waals surface area contributed by atoms with E-state index in [0.717, 1.165) is 38.4 Å². The zero-order chi connectivity index (χ0) is 14.4. The van der Waals surface area contributed by atoms with Gasteiger partial charge in [-0.1, -0.05) is 6.92 Å². The van der Waals surface area contributed by atoms with Crippen molar-refractivity contribution >= 4 is 0 Å². The average Bonchev–Trinajstić information content (AvgIpc) is 2.48. The van der Waals surface area contributed by atoms with Crippen LogP contribution in [0.15, 0.2) is 12.4 Å². The second-order valence-electron chi connectivity index (χ2n) is 5.05. The molecule has 1 aliphatic rings. The minimum Gasteiger partial charge on any atom is -0.480 e. The van der Waals surface area contributed by atoms with Crippen LogP contribution in [0.2, 0.25) is 0 Å². The van der Waals surface area contributed by atoms with Crippen molar-refractivity contribution in [3.05, 3.63) is 18.1 Å². The highest BCUT2D eigenvalue weighted by Crippen LogP contribution is 2.26. The Bertz CT molecular complexity index is 416. The van der Waals surface area contributed by atoms with E-state index in [1.165, 1.54) is 0 Å². The van der Waals surface area contributed by atoms with Crippen LogP contribution in [-0.2, 0) is 4.74 Å². The van der Waals surface area contributed by atoms with E-state index in [-0.39, 0.29) is 12.1 Å². The molecule has 1 aromatic heterocycles. The second kappa shape index (κ2) is 7.52. The second-order valence-corrected chi connectivity index (χ2v) is 5.05. The van der Waals surface area contributed by atoms with E-state index < -0.39 is 0 Å². The number of aromatic nitrogens is 2. The van der Waals surface area contributed by atoms with E-state index in [2.05, 4.69) is 34.2 Å². The van der Waals surface area contributed by atoms with Crippen molar-refractivity contribution in [2.75, 3.05) is 40.4 Å². The van der Waals surface area contributed by atoms with Gasteiger partial charge in [-0.2, -0.15) is 0 Å². The Hall–Kier alpha value is -1.24. The van der Waals surface area contributed by atoms with E-state index in [9.17, 15) is 0 Å². The average molecular weight is 280 g/mol. The molecule has 0 aromatic carbocycles. The van der Waals surface area contributed by atoms with Gasteiger partial charge in [0.1, 0.15) is 5.69 Å². The molecule has 2 atom stereocenters. The van der Waals surface area contributed by atoms with Crippen molar-refractivity contribution < 1.29 is 9.47 Å².